The molecule has 0 aromatic heterocycles. The molecule has 20 heavy (non-hydrogen) atoms. The highest BCUT2D eigenvalue weighted by molar-refractivity contribution is 8.01. The minimum atomic E-state index is -1.15. The van der Waals surface area contributed by atoms with Gasteiger partial charge in [0.05, 0.1) is 5.03 Å². The summed E-state index contributed by atoms with van der Waals surface area (Å²) in [4.78, 5) is 29.4. The van der Waals surface area contributed by atoms with Crippen LogP contribution < -0.4 is 0 Å². The molecule has 0 aromatic rings. The van der Waals surface area contributed by atoms with E-state index in [2.05, 4.69) is 4.99 Å². The Morgan fingerprint density at radius 2 is 2.10 bits per heavy atom. The Bertz CT molecular complexity index is 538. The number of aliphatic carboxylic acids is 1. The molecule has 3 aliphatic rings. The predicted octanol–water partition coefficient (Wildman–Crippen LogP) is 2.21. The Hall–Kier alpha value is -1.01. The van der Waals surface area contributed by atoms with Crippen LogP contribution in [0.3, 0.4) is 0 Å². The highest BCUT2D eigenvalue weighted by Crippen LogP contribution is 2.46. The summed E-state index contributed by atoms with van der Waals surface area (Å²) in [7, 11) is 0. The summed E-state index contributed by atoms with van der Waals surface area (Å²) in [5, 5.41) is 9.15. The summed E-state index contributed by atoms with van der Waals surface area (Å²) in [5.74, 6) is -1.39. The Labute approximate surface area is 126 Å². The van der Waals surface area contributed by atoms with E-state index in [1.807, 2.05) is 6.92 Å². The average molecular weight is 315 g/mol. The van der Waals surface area contributed by atoms with Crippen molar-refractivity contribution in [1.82, 2.24) is 4.90 Å². The Morgan fingerprint density at radius 1 is 1.45 bits per heavy atom. The summed E-state index contributed by atoms with van der Waals surface area (Å²) in [5.41, 5.74) is 1.02. The molecule has 1 saturated heterocycles. The summed E-state index contributed by atoms with van der Waals surface area (Å²) < 4.78 is 0. The van der Waals surface area contributed by atoms with E-state index in [0.717, 1.165) is 31.4 Å². The van der Waals surface area contributed by atoms with Gasteiger partial charge in [-0.25, -0.2) is 4.79 Å². The van der Waals surface area contributed by atoms with Gasteiger partial charge in [0.1, 0.15) is 11.1 Å². The van der Waals surface area contributed by atoms with Crippen molar-refractivity contribution in [2.75, 3.05) is 0 Å². The number of fused-ring (bicyclic) bond motifs is 1. The molecule has 3 rings (SSSR count). The van der Waals surface area contributed by atoms with Crippen LogP contribution in [0.5, 0.6) is 0 Å². The number of nitrogens with zero attached hydrogens (tertiary/aromatic N) is 2. The minimum Gasteiger partial charge on any atom is -0.477 e. The number of halogens is 1. The number of hydrogen-bond donors (Lipinski definition) is 1. The maximum absolute atomic E-state index is 12.2. The zero-order valence-corrected chi connectivity index (χ0v) is 12.6. The molecule has 0 bridgehead atoms. The number of rotatable bonds is 2. The van der Waals surface area contributed by atoms with Gasteiger partial charge < -0.3 is 5.11 Å². The molecule has 108 valence electrons. The Balaban J connectivity index is 1.88. The number of hydrogen-bond acceptors (Lipinski definition) is 4. The first-order valence-electron chi connectivity index (χ1n) is 6.67. The van der Waals surface area contributed by atoms with Crippen LogP contribution in [0.2, 0.25) is 0 Å². The van der Waals surface area contributed by atoms with Gasteiger partial charge in [-0.05, 0) is 32.6 Å². The van der Waals surface area contributed by atoms with Crippen LogP contribution in [0.1, 0.15) is 32.6 Å². The van der Waals surface area contributed by atoms with E-state index >= 15 is 0 Å². The molecule has 1 aliphatic carbocycles. The number of carbonyl (C=O) groups excluding carboxylic acids is 1. The van der Waals surface area contributed by atoms with E-state index in [4.69, 9.17) is 11.6 Å². The molecular weight excluding hydrogens is 300 g/mol. The quantitative estimate of drug-likeness (QED) is 0.793. The topological polar surface area (TPSA) is 70.0 Å². The fourth-order valence-electron chi connectivity index (χ4n) is 2.83. The van der Waals surface area contributed by atoms with Crippen LogP contribution in [0, 0.1) is 0 Å². The second kappa shape index (κ2) is 5.07. The molecule has 1 amide bonds. The van der Waals surface area contributed by atoms with E-state index in [-0.39, 0.29) is 27.3 Å². The molecule has 3 atom stereocenters. The fourth-order valence-corrected chi connectivity index (χ4v) is 4.46. The standard InChI is InChI=1S/C13H15ClN2O3S/c1-6-8(14)10(13(18)19)16-11(17)9(12(16)20-6)15-7-4-2-3-5-7/h6,9,12H,2-5H2,1H3,(H,18,19)/t6?,9-,12-/m1/s1. The van der Waals surface area contributed by atoms with Gasteiger partial charge in [-0.15, -0.1) is 11.8 Å². The first-order chi connectivity index (χ1) is 9.50. The van der Waals surface area contributed by atoms with Crippen molar-refractivity contribution in [3.63, 3.8) is 0 Å². The van der Waals surface area contributed by atoms with Gasteiger partial charge in [-0.2, -0.15) is 0 Å². The van der Waals surface area contributed by atoms with Gasteiger partial charge in [0, 0.05) is 11.0 Å². The van der Waals surface area contributed by atoms with Crippen LogP contribution in [0.4, 0.5) is 0 Å². The molecule has 2 aliphatic heterocycles. The molecule has 7 heteroatoms. The Kier molecular flexibility index (Phi) is 3.54. The third-order valence-electron chi connectivity index (χ3n) is 3.89. The first kappa shape index (κ1) is 13.9. The van der Waals surface area contributed by atoms with Gasteiger partial charge in [0.25, 0.3) is 5.91 Å². The van der Waals surface area contributed by atoms with Crippen molar-refractivity contribution < 1.29 is 14.7 Å². The molecule has 0 spiro atoms. The number of thioether (sulfide) groups is 1. The summed E-state index contributed by atoms with van der Waals surface area (Å²) in [6, 6.07) is -0.435. The lowest BCUT2D eigenvalue weighted by Crippen LogP contribution is -2.64. The van der Waals surface area contributed by atoms with Crippen LogP contribution in [0.25, 0.3) is 0 Å². The minimum absolute atomic E-state index is 0.0733. The number of β-lactam (4-membered cyclic amide) rings is 1. The lowest BCUT2D eigenvalue weighted by atomic mass is 10.0. The number of carboxylic acids is 1. The zero-order chi connectivity index (χ0) is 14.4. The van der Waals surface area contributed by atoms with Crippen LogP contribution in [-0.2, 0) is 9.59 Å². The fraction of sp³-hybridized carbons (Fsp3) is 0.615. The molecule has 0 radical (unpaired) electrons. The highest BCUT2D eigenvalue weighted by Gasteiger charge is 2.55. The van der Waals surface area contributed by atoms with Crippen LogP contribution in [0.15, 0.2) is 15.7 Å². The smallest absolute Gasteiger partial charge is 0.353 e. The monoisotopic (exact) mass is 314 g/mol. The van der Waals surface area contributed by atoms with E-state index in [1.54, 1.807) is 0 Å². The van der Waals surface area contributed by atoms with Gasteiger partial charge in [-0.1, -0.05) is 11.6 Å². The number of carbonyl (C=O) groups is 2. The van der Waals surface area contributed by atoms with Crippen molar-refractivity contribution in [2.24, 2.45) is 4.99 Å². The molecule has 2 heterocycles. The second-order valence-electron chi connectivity index (χ2n) is 5.23. The van der Waals surface area contributed by atoms with E-state index in [0.29, 0.717) is 0 Å². The summed E-state index contributed by atoms with van der Waals surface area (Å²) >= 11 is 7.56. The van der Waals surface area contributed by atoms with Crippen molar-refractivity contribution in [2.45, 2.75) is 49.3 Å². The van der Waals surface area contributed by atoms with E-state index in [1.165, 1.54) is 16.7 Å². The molecule has 0 aromatic carbocycles. The maximum atomic E-state index is 12.2. The summed E-state index contributed by atoms with van der Waals surface area (Å²) in [6.07, 6.45) is 4.17. The molecular formula is C13H15ClN2O3S. The number of carboxylic acid groups (broad SMARTS) is 1. The molecule has 1 unspecified atom stereocenters. The third kappa shape index (κ3) is 2.05. The van der Waals surface area contributed by atoms with Crippen molar-refractivity contribution in [1.29, 1.82) is 0 Å². The third-order valence-corrected chi connectivity index (χ3v) is 5.91. The average Bonchev–Trinajstić information content (AvgIpc) is 2.91. The zero-order valence-electron chi connectivity index (χ0n) is 11.0. The van der Waals surface area contributed by atoms with Crippen molar-refractivity contribution in [3.05, 3.63) is 10.7 Å². The van der Waals surface area contributed by atoms with Gasteiger partial charge in [-0.3, -0.25) is 14.7 Å². The lowest BCUT2D eigenvalue weighted by molar-refractivity contribution is -0.147. The SMILES string of the molecule is CC1S[C@@H]2[C@H](N=C3CCCC3)C(=O)N2C(C(=O)O)=C1Cl. The van der Waals surface area contributed by atoms with Crippen LogP contribution in [-0.4, -0.2) is 44.3 Å². The Morgan fingerprint density at radius 3 is 2.70 bits per heavy atom. The predicted molar refractivity (Wildman–Crippen MR) is 77.9 cm³/mol. The molecule has 5 nitrogen and oxygen atoms in total. The largest absolute Gasteiger partial charge is 0.477 e. The van der Waals surface area contributed by atoms with Gasteiger partial charge in [0.2, 0.25) is 0 Å². The maximum Gasteiger partial charge on any atom is 0.353 e. The van der Waals surface area contributed by atoms with E-state index < -0.39 is 12.0 Å². The summed E-state index contributed by atoms with van der Waals surface area (Å²) in [6.45, 7) is 1.86. The highest BCUT2D eigenvalue weighted by atomic mass is 35.5. The first-order valence-corrected chi connectivity index (χ1v) is 8.00. The van der Waals surface area contributed by atoms with E-state index in [9.17, 15) is 14.7 Å². The lowest BCUT2D eigenvalue weighted by Gasteiger charge is -2.48. The normalized spacial score (nSPS) is 33.1. The molecule has 2 fully saturated rings. The van der Waals surface area contributed by atoms with Crippen LogP contribution >= 0.6 is 23.4 Å². The number of amides is 1. The number of aliphatic imine (C=N–C) groups is 1. The van der Waals surface area contributed by atoms with Crippen molar-refractivity contribution in [3.8, 4) is 0 Å². The molecule has 1 N–H and O–H groups in total. The van der Waals surface area contributed by atoms with Crippen molar-refractivity contribution >= 4 is 41.0 Å². The molecule has 1 saturated carbocycles. The van der Waals surface area contributed by atoms with Gasteiger partial charge >= 0.3 is 5.97 Å². The van der Waals surface area contributed by atoms with Gasteiger partial charge in [0.15, 0.2) is 6.04 Å². The second-order valence-corrected chi connectivity index (χ2v) is 7.10.